The Morgan fingerprint density at radius 3 is 2.58 bits per heavy atom. The fourth-order valence-electron chi connectivity index (χ4n) is 2.58. The molecule has 0 unspecified atom stereocenters. The Labute approximate surface area is 117 Å². The molecule has 0 amide bonds. The molecule has 0 aromatic heterocycles. The molecule has 1 aliphatic carbocycles. The predicted octanol–water partition coefficient (Wildman–Crippen LogP) is 4.84. The number of hydrogen-bond acceptors (Lipinski definition) is 1. The normalized spacial score (nSPS) is 21.8. The summed E-state index contributed by atoms with van der Waals surface area (Å²) in [5.74, 6) is 0.316. The van der Waals surface area contributed by atoms with E-state index in [-0.39, 0.29) is 5.82 Å². The van der Waals surface area contributed by atoms with Gasteiger partial charge in [0.1, 0.15) is 5.82 Å². The zero-order valence-corrected chi connectivity index (χ0v) is 11.2. The Kier molecular flexibility index (Phi) is 3.43. The molecule has 98 valence electrons. The van der Waals surface area contributed by atoms with Gasteiger partial charge in [-0.15, -0.1) is 0 Å². The van der Waals surface area contributed by atoms with Gasteiger partial charge < -0.3 is 5.32 Å². The van der Waals surface area contributed by atoms with Gasteiger partial charge in [0.15, 0.2) is 0 Å². The number of halogens is 2. The molecule has 2 aromatic rings. The third-order valence-corrected chi connectivity index (χ3v) is 3.89. The number of hydrogen-bond donors (Lipinski definition) is 1. The van der Waals surface area contributed by atoms with E-state index >= 15 is 0 Å². The first-order valence-corrected chi connectivity index (χ1v) is 6.86. The van der Waals surface area contributed by atoms with E-state index < -0.39 is 0 Å². The van der Waals surface area contributed by atoms with Crippen LogP contribution in [0.4, 0.5) is 10.1 Å². The molecule has 0 heterocycles. The highest BCUT2D eigenvalue weighted by Crippen LogP contribution is 2.38. The summed E-state index contributed by atoms with van der Waals surface area (Å²) in [7, 11) is 0. The van der Waals surface area contributed by atoms with Crippen molar-refractivity contribution < 1.29 is 4.39 Å². The summed E-state index contributed by atoms with van der Waals surface area (Å²) in [6.07, 6.45) is 2.08. The Hall–Kier alpha value is -1.54. The zero-order valence-electron chi connectivity index (χ0n) is 10.4. The first kappa shape index (κ1) is 12.5. The lowest BCUT2D eigenvalue weighted by Gasteiger charge is -2.37. The molecule has 19 heavy (non-hydrogen) atoms. The molecule has 0 radical (unpaired) electrons. The molecule has 0 atom stereocenters. The maximum atomic E-state index is 13.1. The van der Waals surface area contributed by atoms with Gasteiger partial charge in [0.25, 0.3) is 0 Å². The lowest BCUT2D eigenvalue weighted by molar-refractivity contribution is 0.373. The van der Waals surface area contributed by atoms with Crippen molar-refractivity contribution in [2.24, 2.45) is 0 Å². The second-order valence-electron chi connectivity index (χ2n) is 5.07. The van der Waals surface area contributed by atoms with Gasteiger partial charge in [0.2, 0.25) is 0 Å². The van der Waals surface area contributed by atoms with Crippen LogP contribution in [0, 0.1) is 5.82 Å². The van der Waals surface area contributed by atoms with Crippen molar-refractivity contribution in [1.82, 2.24) is 0 Å². The molecule has 3 rings (SSSR count). The average molecular weight is 276 g/mol. The van der Waals surface area contributed by atoms with Crippen LogP contribution in [0.2, 0.25) is 5.02 Å². The molecule has 1 aliphatic rings. The largest absolute Gasteiger partial charge is 0.382 e. The van der Waals surface area contributed by atoms with Gasteiger partial charge in [-0.2, -0.15) is 0 Å². The lowest BCUT2D eigenvalue weighted by atomic mass is 9.76. The quantitative estimate of drug-likeness (QED) is 0.845. The molecule has 0 saturated heterocycles. The molecule has 3 heteroatoms. The summed E-state index contributed by atoms with van der Waals surface area (Å²) in [4.78, 5) is 0. The fraction of sp³-hybridized carbons (Fsp3) is 0.250. The highest BCUT2D eigenvalue weighted by molar-refractivity contribution is 6.30. The zero-order chi connectivity index (χ0) is 13.2. The highest BCUT2D eigenvalue weighted by Gasteiger charge is 2.30. The van der Waals surface area contributed by atoms with Crippen LogP contribution in [0.5, 0.6) is 0 Å². The van der Waals surface area contributed by atoms with Crippen molar-refractivity contribution >= 4 is 17.3 Å². The van der Waals surface area contributed by atoms with E-state index in [0.29, 0.717) is 12.0 Å². The van der Waals surface area contributed by atoms with E-state index in [4.69, 9.17) is 11.6 Å². The van der Waals surface area contributed by atoms with Gasteiger partial charge in [0.05, 0.1) is 0 Å². The SMILES string of the molecule is Fc1cccc(C2CC(Nc3cccc(Cl)c3)C2)c1. The summed E-state index contributed by atoms with van der Waals surface area (Å²) >= 11 is 5.95. The van der Waals surface area contributed by atoms with Gasteiger partial charge in [0, 0.05) is 16.8 Å². The molecule has 1 nitrogen and oxygen atoms in total. The van der Waals surface area contributed by atoms with E-state index in [1.807, 2.05) is 30.3 Å². The minimum atomic E-state index is -0.149. The minimum Gasteiger partial charge on any atom is -0.382 e. The first-order valence-electron chi connectivity index (χ1n) is 6.48. The van der Waals surface area contributed by atoms with Gasteiger partial charge in [-0.05, 0) is 54.7 Å². The van der Waals surface area contributed by atoms with Gasteiger partial charge in [-0.25, -0.2) is 4.39 Å². The monoisotopic (exact) mass is 275 g/mol. The number of anilines is 1. The van der Waals surface area contributed by atoms with Crippen LogP contribution in [0.3, 0.4) is 0 Å². The molecular formula is C16H15ClFN. The molecule has 1 N–H and O–H groups in total. The van der Waals surface area contributed by atoms with Crippen LogP contribution in [0.1, 0.15) is 24.3 Å². The standard InChI is InChI=1S/C16H15ClFN/c17-13-4-2-6-15(10-13)19-16-8-12(9-16)11-3-1-5-14(18)7-11/h1-7,10,12,16,19H,8-9H2. The van der Waals surface area contributed by atoms with Crippen molar-refractivity contribution in [2.45, 2.75) is 24.8 Å². The van der Waals surface area contributed by atoms with Crippen LogP contribution in [0.15, 0.2) is 48.5 Å². The number of rotatable bonds is 3. The second kappa shape index (κ2) is 5.22. The third-order valence-electron chi connectivity index (χ3n) is 3.65. The predicted molar refractivity (Wildman–Crippen MR) is 77.2 cm³/mol. The van der Waals surface area contributed by atoms with Gasteiger partial charge in [-0.3, -0.25) is 0 Å². The summed E-state index contributed by atoms with van der Waals surface area (Å²) in [5, 5.41) is 4.20. The minimum absolute atomic E-state index is 0.149. The maximum Gasteiger partial charge on any atom is 0.123 e. The Balaban J connectivity index is 1.58. The molecular weight excluding hydrogens is 261 g/mol. The molecule has 0 aliphatic heterocycles. The smallest absolute Gasteiger partial charge is 0.123 e. The van der Waals surface area contributed by atoms with Crippen molar-refractivity contribution in [3.05, 3.63) is 64.9 Å². The average Bonchev–Trinajstić information content (AvgIpc) is 2.33. The Morgan fingerprint density at radius 2 is 1.84 bits per heavy atom. The summed E-state index contributed by atoms with van der Waals surface area (Å²) in [6, 6.07) is 15.1. The van der Waals surface area contributed by atoms with Crippen LogP contribution in [0.25, 0.3) is 0 Å². The van der Waals surface area contributed by atoms with Crippen molar-refractivity contribution in [1.29, 1.82) is 0 Å². The van der Waals surface area contributed by atoms with Gasteiger partial charge >= 0.3 is 0 Å². The molecule has 0 spiro atoms. The summed E-state index contributed by atoms with van der Waals surface area (Å²) in [5.41, 5.74) is 2.15. The number of nitrogens with one attached hydrogen (secondary N) is 1. The van der Waals surface area contributed by atoms with E-state index in [9.17, 15) is 4.39 Å². The Bertz CT molecular complexity index is 578. The highest BCUT2D eigenvalue weighted by atomic mass is 35.5. The van der Waals surface area contributed by atoms with Crippen molar-refractivity contribution in [2.75, 3.05) is 5.32 Å². The van der Waals surface area contributed by atoms with E-state index in [1.165, 1.54) is 6.07 Å². The molecule has 1 fully saturated rings. The summed E-state index contributed by atoms with van der Waals surface area (Å²) < 4.78 is 13.1. The van der Waals surface area contributed by atoms with Crippen LogP contribution >= 0.6 is 11.6 Å². The third kappa shape index (κ3) is 2.90. The maximum absolute atomic E-state index is 13.1. The topological polar surface area (TPSA) is 12.0 Å². The van der Waals surface area contributed by atoms with E-state index in [1.54, 1.807) is 12.1 Å². The van der Waals surface area contributed by atoms with Crippen LogP contribution in [-0.2, 0) is 0 Å². The molecule has 1 saturated carbocycles. The second-order valence-corrected chi connectivity index (χ2v) is 5.51. The first-order chi connectivity index (χ1) is 9.20. The van der Waals surface area contributed by atoms with Crippen molar-refractivity contribution in [3.63, 3.8) is 0 Å². The fourth-order valence-corrected chi connectivity index (χ4v) is 2.77. The molecule has 2 aromatic carbocycles. The Morgan fingerprint density at radius 1 is 1.05 bits per heavy atom. The van der Waals surface area contributed by atoms with Crippen molar-refractivity contribution in [3.8, 4) is 0 Å². The molecule has 0 bridgehead atoms. The van der Waals surface area contributed by atoms with E-state index in [2.05, 4.69) is 5.32 Å². The summed E-state index contributed by atoms with van der Waals surface area (Å²) in [6.45, 7) is 0. The van der Waals surface area contributed by atoms with Crippen LogP contribution in [-0.4, -0.2) is 6.04 Å². The van der Waals surface area contributed by atoms with E-state index in [0.717, 1.165) is 29.1 Å². The number of benzene rings is 2. The van der Waals surface area contributed by atoms with Gasteiger partial charge in [-0.1, -0.05) is 29.8 Å². The lowest BCUT2D eigenvalue weighted by Crippen LogP contribution is -2.34. The van der Waals surface area contributed by atoms with Crippen LogP contribution < -0.4 is 5.32 Å².